The summed E-state index contributed by atoms with van der Waals surface area (Å²) in [6, 6.07) is 11.1. The largest absolute Gasteiger partial charge is 0.465 e. The lowest BCUT2D eigenvalue weighted by molar-refractivity contribution is -0.143. The highest BCUT2D eigenvalue weighted by molar-refractivity contribution is 7.09. The van der Waals surface area contributed by atoms with E-state index in [-0.39, 0.29) is 28.4 Å². The number of nitrogen functional groups attached to an aromatic ring is 1. The Kier molecular flexibility index (Phi) is 9.66. The molecule has 0 radical (unpaired) electrons. The van der Waals surface area contributed by atoms with Crippen LogP contribution >= 0.6 is 11.5 Å². The summed E-state index contributed by atoms with van der Waals surface area (Å²) in [5.41, 5.74) is 12.8. The number of hydrogen-bond donors (Lipinski definition) is 3. The number of rotatable bonds is 10. The van der Waals surface area contributed by atoms with Gasteiger partial charge in [0.15, 0.2) is 5.69 Å². The number of primary amides is 1. The van der Waals surface area contributed by atoms with Crippen LogP contribution in [0.5, 0.6) is 0 Å². The summed E-state index contributed by atoms with van der Waals surface area (Å²) in [7, 11) is 0. The topological polar surface area (TPSA) is 158 Å². The minimum absolute atomic E-state index is 0.0968. The van der Waals surface area contributed by atoms with Crippen molar-refractivity contribution in [3.8, 4) is 0 Å². The van der Waals surface area contributed by atoms with Gasteiger partial charge in [-0.25, -0.2) is 4.39 Å². The predicted molar refractivity (Wildman–Crippen MR) is 153 cm³/mol. The first kappa shape index (κ1) is 29.7. The smallest absolute Gasteiger partial charge is 0.325 e. The molecule has 0 bridgehead atoms. The molecule has 1 aliphatic carbocycles. The zero-order chi connectivity index (χ0) is 29.5. The molecular weight excluding hydrogens is 549 g/mol. The molecule has 0 saturated heterocycles. The van der Waals surface area contributed by atoms with Crippen molar-refractivity contribution in [1.82, 2.24) is 9.69 Å². The maximum absolute atomic E-state index is 14.1. The highest BCUT2D eigenvalue weighted by atomic mass is 32.1. The summed E-state index contributed by atoms with van der Waals surface area (Å²) in [6.45, 7) is 1.32. The van der Waals surface area contributed by atoms with Crippen LogP contribution in [0.15, 0.2) is 48.5 Å². The van der Waals surface area contributed by atoms with E-state index in [2.05, 4.69) is 9.69 Å². The molecule has 1 heterocycles. The molecule has 0 spiro atoms. The molecule has 3 aromatic rings. The molecule has 0 aliphatic heterocycles. The maximum Gasteiger partial charge on any atom is 0.325 e. The van der Waals surface area contributed by atoms with Crippen LogP contribution in [0.1, 0.15) is 82.3 Å². The second kappa shape index (κ2) is 13.4. The third kappa shape index (κ3) is 6.88. The number of nitrogens with zero attached hydrogens (tertiary/aromatic N) is 2. The molecule has 3 amide bonds. The van der Waals surface area contributed by atoms with Gasteiger partial charge < -0.3 is 21.5 Å². The van der Waals surface area contributed by atoms with Gasteiger partial charge in [-0.05, 0) is 72.6 Å². The second-order valence-electron chi connectivity index (χ2n) is 9.72. The quantitative estimate of drug-likeness (QED) is 0.304. The molecule has 10 nitrogen and oxygen atoms in total. The minimum Gasteiger partial charge on any atom is -0.465 e. The van der Waals surface area contributed by atoms with Crippen molar-refractivity contribution < 1.29 is 28.3 Å². The van der Waals surface area contributed by atoms with E-state index in [9.17, 15) is 23.6 Å². The monoisotopic (exact) mass is 581 g/mol. The van der Waals surface area contributed by atoms with Crippen molar-refractivity contribution in [2.75, 3.05) is 23.8 Å². The van der Waals surface area contributed by atoms with Crippen LogP contribution < -0.4 is 21.7 Å². The number of carbonyl (C=O) groups excluding carboxylic acids is 4. The third-order valence-electron chi connectivity index (χ3n) is 7.03. The average molecular weight is 582 g/mol. The summed E-state index contributed by atoms with van der Waals surface area (Å²) in [5.74, 6) is -3.13. The molecule has 1 saturated carbocycles. The van der Waals surface area contributed by atoms with E-state index in [0.29, 0.717) is 23.1 Å². The Bertz CT molecular complexity index is 1400. The van der Waals surface area contributed by atoms with Gasteiger partial charge in [0, 0.05) is 5.69 Å². The number of esters is 1. The predicted octanol–water partition coefficient (Wildman–Crippen LogP) is 4.08. The number of aromatic nitrogens is 1. The van der Waals surface area contributed by atoms with Crippen LogP contribution in [0, 0.1) is 5.82 Å². The van der Waals surface area contributed by atoms with Gasteiger partial charge in [0.1, 0.15) is 23.3 Å². The fourth-order valence-electron chi connectivity index (χ4n) is 5.00. The number of halogens is 1. The Morgan fingerprint density at radius 2 is 1.73 bits per heavy atom. The fraction of sp³-hybridized carbons (Fsp3) is 0.345. The van der Waals surface area contributed by atoms with E-state index in [1.807, 2.05) is 12.1 Å². The van der Waals surface area contributed by atoms with Crippen LogP contribution in [-0.4, -0.2) is 41.2 Å². The van der Waals surface area contributed by atoms with E-state index >= 15 is 0 Å². The van der Waals surface area contributed by atoms with Crippen molar-refractivity contribution in [2.24, 2.45) is 5.73 Å². The third-order valence-corrected chi connectivity index (χ3v) is 7.88. The Morgan fingerprint density at radius 1 is 1.07 bits per heavy atom. The summed E-state index contributed by atoms with van der Waals surface area (Å²) in [4.78, 5) is 52.7. The SMILES string of the molecule is CCOC(=O)CNC(=O)[C@H](c1ccc(F)cc1)N(C(=O)c1snc(C(N)=O)c1N)c1ccc(C2CCCCC2)cc1. The average Bonchev–Trinajstić information content (AvgIpc) is 3.37. The lowest BCUT2D eigenvalue weighted by Crippen LogP contribution is -2.45. The molecule has 0 unspecified atom stereocenters. The Hall–Kier alpha value is -4.32. The van der Waals surface area contributed by atoms with Crippen molar-refractivity contribution in [3.63, 3.8) is 0 Å². The number of ether oxygens (including phenoxy) is 1. The highest BCUT2D eigenvalue weighted by Gasteiger charge is 2.36. The first-order valence-corrected chi connectivity index (χ1v) is 14.2. The molecule has 5 N–H and O–H groups in total. The van der Waals surface area contributed by atoms with Crippen LogP contribution in [0.25, 0.3) is 0 Å². The van der Waals surface area contributed by atoms with Crippen LogP contribution in [0.4, 0.5) is 15.8 Å². The number of anilines is 2. The molecule has 2 aromatic carbocycles. The van der Waals surface area contributed by atoms with Crippen LogP contribution in [-0.2, 0) is 14.3 Å². The summed E-state index contributed by atoms with van der Waals surface area (Å²) < 4.78 is 22.7. The van der Waals surface area contributed by atoms with Gasteiger partial charge in [0.2, 0.25) is 5.91 Å². The first-order chi connectivity index (χ1) is 19.7. The molecular formula is C29H32FN5O5S. The van der Waals surface area contributed by atoms with Crippen molar-refractivity contribution in [3.05, 3.63) is 76.0 Å². The van der Waals surface area contributed by atoms with E-state index in [1.165, 1.54) is 35.6 Å². The van der Waals surface area contributed by atoms with Crippen LogP contribution in [0.3, 0.4) is 0 Å². The number of benzene rings is 2. The molecule has 1 aliphatic rings. The van der Waals surface area contributed by atoms with Crippen LogP contribution in [0.2, 0.25) is 0 Å². The second-order valence-corrected chi connectivity index (χ2v) is 10.5. The Morgan fingerprint density at radius 3 is 2.32 bits per heavy atom. The summed E-state index contributed by atoms with van der Waals surface area (Å²) >= 11 is 0.680. The molecule has 1 atom stereocenters. The van der Waals surface area contributed by atoms with E-state index in [1.54, 1.807) is 19.1 Å². The number of amides is 3. The van der Waals surface area contributed by atoms with Gasteiger partial charge in [0.25, 0.3) is 11.8 Å². The molecule has 216 valence electrons. The van der Waals surface area contributed by atoms with Gasteiger partial charge in [-0.1, -0.05) is 43.5 Å². The van der Waals surface area contributed by atoms with Gasteiger partial charge in [-0.15, -0.1) is 0 Å². The van der Waals surface area contributed by atoms with Gasteiger partial charge in [-0.3, -0.25) is 24.1 Å². The number of carbonyl (C=O) groups is 4. The number of nitrogens with two attached hydrogens (primary N) is 2. The van der Waals surface area contributed by atoms with E-state index in [4.69, 9.17) is 16.2 Å². The maximum atomic E-state index is 14.1. The van der Waals surface area contributed by atoms with Gasteiger partial charge in [-0.2, -0.15) is 4.37 Å². The normalized spacial score (nSPS) is 14.2. The lowest BCUT2D eigenvalue weighted by Gasteiger charge is -2.31. The van der Waals surface area contributed by atoms with Crippen molar-refractivity contribution >= 4 is 46.6 Å². The Balaban J connectivity index is 1.80. The van der Waals surface area contributed by atoms with E-state index in [0.717, 1.165) is 31.2 Å². The van der Waals surface area contributed by atoms with Crippen molar-refractivity contribution in [2.45, 2.75) is 51.0 Å². The number of nitrogens with one attached hydrogen (secondary N) is 1. The van der Waals surface area contributed by atoms with Gasteiger partial charge >= 0.3 is 5.97 Å². The molecule has 4 rings (SSSR count). The zero-order valence-corrected chi connectivity index (χ0v) is 23.4. The van der Waals surface area contributed by atoms with Gasteiger partial charge in [0.05, 0.1) is 12.3 Å². The minimum atomic E-state index is -1.35. The zero-order valence-electron chi connectivity index (χ0n) is 22.6. The fourth-order valence-corrected chi connectivity index (χ4v) is 5.74. The summed E-state index contributed by atoms with van der Waals surface area (Å²) in [5, 5.41) is 2.52. The standard InChI is InChI=1S/C29H32FN5O5S/c1-2-40-22(36)16-33-28(38)25(19-8-12-20(30)13-9-19)35(29(39)26-23(31)24(27(32)37)34-41-26)21-14-10-18(11-15-21)17-6-4-3-5-7-17/h8-15,17,25H,2-7,16,31H2,1H3,(H2,32,37)(H,33,38)/t25-/m0/s1. The lowest BCUT2D eigenvalue weighted by atomic mass is 9.84. The summed E-state index contributed by atoms with van der Waals surface area (Å²) in [6.07, 6.45) is 5.66. The highest BCUT2D eigenvalue weighted by Crippen LogP contribution is 2.36. The Labute approximate surface area is 241 Å². The molecule has 12 heteroatoms. The first-order valence-electron chi connectivity index (χ1n) is 13.4. The molecule has 41 heavy (non-hydrogen) atoms. The van der Waals surface area contributed by atoms with E-state index < -0.39 is 42.1 Å². The molecule has 1 fully saturated rings. The number of hydrogen-bond acceptors (Lipinski definition) is 8. The van der Waals surface area contributed by atoms with Crippen molar-refractivity contribution in [1.29, 1.82) is 0 Å². The molecule has 1 aromatic heterocycles.